The molecular weight excluding hydrogens is 168 g/mol. The van der Waals surface area contributed by atoms with Gasteiger partial charge in [-0.05, 0) is 6.92 Å². The highest BCUT2D eigenvalue weighted by atomic mass is 15.5. The molecule has 0 spiro atoms. The molecule has 0 aliphatic rings. The molecule has 13 heavy (non-hydrogen) atoms. The maximum absolute atomic E-state index is 5.55. The van der Waals surface area contributed by atoms with Crippen molar-refractivity contribution in [1.82, 2.24) is 24.8 Å². The number of aromatic nitrogens is 5. The maximum Gasteiger partial charge on any atom is 0.172 e. The molecule has 6 nitrogen and oxygen atoms in total. The van der Waals surface area contributed by atoms with Gasteiger partial charge in [-0.15, -0.1) is 10.2 Å². The molecule has 6 heteroatoms. The number of nitrogens with zero attached hydrogens (tertiary/aromatic N) is 5. The summed E-state index contributed by atoms with van der Waals surface area (Å²) in [5.41, 5.74) is 6.51. The Bertz CT molecular complexity index is 426. The molecule has 0 radical (unpaired) electrons. The van der Waals surface area contributed by atoms with Gasteiger partial charge in [-0.2, -0.15) is 0 Å². The number of hydrogen-bond acceptors (Lipinski definition) is 4. The predicted octanol–water partition coefficient (Wildman–Crippen LogP) is -0.109. The molecule has 2 heterocycles. The van der Waals surface area contributed by atoms with Crippen LogP contribution >= 0.6 is 0 Å². The zero-order valence-electron chi connectivity index (χ0n) is 7.47. The van der Waals surface area contributed by atoms with Crippen molar-refractivity contribution < 1.29 is 0 Å². The van der Waals surface area contributed by atoms with Crippen LogP contribution < -0.4 is 5.73 Å². The van der Waals surface area contributed by atoms with Crippen LogP contribution in [0.4, 0.5) is 5.82 Å². The summed E-state index contributed by atoms with van der Waals surface area (Å²) in [6, 6.07) is 1.80. The van der Waals surface area contributed by atoms with Gasteiger partial charge in [0.2, 0.25) is 0 Å². The van der Waals surface area contributed by atoms with E-state index in [0.717, 1.165) is 11.5 Å². The molecule has 0 bridgehead atoms. The van der Waals surface area contributed by atoms with Gasteiger partial charge in [-0.1, -0.05) is 5.21 Å². The molecule has 2 N–H and O–H groups in total. The molecule has 0 unspecified atom stereocenters. The van der Waals surface area contributed by atoms with Crippen LogP contribution in [0.5, 0.6) is 0 Å². The Morgan fingerprint density at radius 3 is 2.69 bits per heavy atom. The summed E-state index contributed by atoms with van der Waals surface area (Å²) in [6.45, 7) is 1.93. The number of nitrogen functional groups attached to an aromatic ring is 1. The Kier molecular flexibility index (Phi) is 1.54. The van der Waals surface area contributed by atoms with Crippen LogP contribution in [0.15, 0.2) is 12.3 Å². The topological polar surface area (TPSA) is 74.6 Å². The van der Waals surface area contributed by atoms with Gasteiger partial charge in [0.1, 0.15) is 5.82 Å². The predicted molar refractivity (Wildman–Crippen MR) is 47.3 cm³/mol. The molecular formula is C7H10N6. The van der Waals surface area contributed by atoms with Gasteiger partial charge in [0.05, 0.1) is 6.20 Å². The minimum Gasteiger partial charge on any atom is -0.382 e. The second-order valence-electron chi connectivity index (χ2n) is 2.84. The van der Waals surface area contributed by atoms with Crippen LogP contribution in [0.3, 0.4) is 0 Å². The molecule has 2 rings (SSSR count). The molecule has 0 saturated heterocycles. The van der Waals surface area contributed by atoms with Crippen molar-refractivity contribution in [2.45, 2.75) is 6.92 Å². The highest BCUT2D eigenvalue weighted by Gasteiger charge is 2.07. The van der Waals surface area contributed by atoms with Gasteiger partial charge in [-0.25, -0.2) is 9.36 Å². The lowest BCUT2D eigenvalue weighted by Crippen LogP contribution is -2.06. The van der Waals surface area contributed by atoms with Crippen LogP contribution in [0.25, 0.3) is 5.82 Å². The Labute approximate surface area is 75.0 Å². The Morgan fingerprint density at radius 1 is 1.46 bits per heavy atom. The highest BCUT2D eigenvalue weighted by molar-refractivity contribution is 5.33. The van der Waals surface area contributed by atoms with E-state index in [2.05, 4.69) is 15.4 Å². The summed E-state index contributed by atoms with van der Waals surface area (Å²) in [6.07, 6.45) is 1.64. The minimum atomic E-state index is 0.499. The van der Waals surface area contributed by atoms with Gasteiger partial charge in [0.25, 0.3) is 0 Å². The van der Waals surface area contributed by atoms with E-state index in [4.69, 9.17) is 5.73 Å². The van der Waals surface area contributed by atoms with E-state index < -0.39 is 0 Å². The van der Waals surface area contributed by atoms with Crippen LogP contribution in [-0.2, 0) is 7.05 Å². The highest BCUT2D eigenvalue weighted by Crippen LogP contribution is 2.10. The fourth-order valence-corrected chi connectivity index (χ4v) is 1.21. The van der Waals surface area contributed by atoms with Crippen molar-refractivity contribution in [3.63, 3.8) is 0 Å². The molecule has 0 aliphatic heterocycles. The fourth-order valence-electron chi connectivity index (χ4n) is 1.21. The molecule has 0 atom stereocenters. The molecule has 0 aromatic carbocycles. The van der Waals surface area contributed by atoms with E-state index in [-0.39, 0.29) is 0 Å². The van der Waals surface area contributed by atoms with Crippen LogP contribution in [0.1, 0.15) is 5.69 Å². The van der Waals surface area contributed by atoms with E-state index in [0.29, 0.717) is 5.82 Å². The first-order valence-electron chi connectivity index (χ1n) is 3.85. The van der Waals surface area contributed by atoms with Gasteiger partial charge >= 0.3 is 0 Å². The largest absolute Gasteiger partial charge is 0.382 e. The summed E-state index contributed by atoms with van der Waals surface area (Å²) in [4.78, 5) is 0. The first-order valence-corrected chi connectivity index (χ1v) is 3.85. The Balaban J connectivity index is 2.58. The van der Waals surface area contributed by atoms with Crippen LogP contribution in [-0.4, -0.2) is 24.8 Å². The number of hydrogen-bond donors (Lipinski definition) is 1. The summed E-state index contributed by atoms with van der Waals surface area (Å²) < 4.78 is 3.34. The third-order valence-corrected chi connectivity index (χ3v) is 1.81. The Hall–Kier alpha value is -1.85. The summed E-state index contributed by atoms with van der Waals surface area (Å²) >= 11 is 0. The number of nitrogens with two attached hydrogens (primary N) is 1. The van der Waals surface area contributed by atoms with Gasteiger partial charge in [0, 0.05) is 18.8 Å². The van der Waals surface area contributed by atoms with E-state index in [9.17, 15) is 0 Å². The first-order chi connectivity index (χ1) is 6.18. The average molecular weight is 178 g/mol. The van der Waals surface area contributed by atoms with Gasteiger partial charge < -0.3 is 5.73 Å². The first kappa shape index (κ1) is 7.78. The quantitative estimate of drug-likeness (QED) is 0.661. The summed E-state index contributed by atoms with van der Waals surface area (Å²) in [7, 11) is 1.81. The molecule has 2 aromatic rings. The molecule has 0 amide bonds. The standard InChI is InChI=1S/C7H10N6/c1-5-3-6(8)10-13(5)7-4-9-11-12(7)2/h3-4H,1-2H3,(H2,8,10). The number of anilines is 1. The third kappa shape index (κ3) is 1.16. The second kappa shape index (κ2) is 2.58. The normalized spacial score (nSPS) is 10.6. The minimum absolute atomic E-state index is 0.499. The molecule has 0 aliphatic carbocycles. The smallest absolute Gasteiger partial charge is 0.172 e. The molecule has 68 valence electrons. The molecule has 0 saturated carbocycles. The van der Waals surface area contributed by atoms with Crippen molar-refractivity contribution in [2.75, 3.05) is 5.73 Å². The van der Waals surface area contributed by atoms with Crippen LogP contribution in [0, 0.1) is 6.92 Å². The fraction of sp³-hybridized carbons (Fsp3) is 0.286. The summed E-state index contributed by atoms with van der Waals surface area (Å²) in [5.74, 6) is 1.30. The lowest BCUT2D eigenvalue weighted by Gasteiger charge is -2.01. The van der Waals surface area contributed by atoms with Gasteiger partial charge in [0.15, 0.2) is 5.82 Å². The summed E-state index contributed by atoms with van der Waals surface area (Å²) in [5, 5.41) is 11.7. The zero-order chi connectivity index (χ0) is 9.42. The lowest BCUT2D eigenvalue weighted by molar-refractivity contribution is 0.666. The number of aryl methyl sites for hydroxylation is 2. The molecule has 2 aromatic heterocycles. The van der Waals surface area contributed by atoms with E-state index in [1.165, 1.54) is 0 Å². The van der Waals surface area contributed by atoms with Crippen molar-refractivity contribution in [3.05, 3.63) is 18.0 Å². The number of rotatable bonds is 1. The van der Waals surface area contributed by atoms with Gasteiger partial charge in [-0.3, -0.25) is 0 Å². The third-order valence-electron chi connectivity index (χ3n) is 1.81. The van der Waals surface area contributed by atoms with Crippen LogP contribution in [0.2, 0.25) is 0 Å². The maximum atomic E-state index is 5.55. The SMILES string of the molecule is Cc1cc(N)nn1-c1cnnn1C. The lowest BCUT2D eigenvalue weighted by atomic mass is 10.4. The molecule has 0 fully saturated rings. The van der Waals surface area contributed by atoms with E-state index >= 15 is 0 Å². The van der Waals surface area contributed by atoms with Crippen molar-refractivity contribution in [2.24, 2.45) is 7.05 Å². The average Bonchev–Trinajstić information content (AvgIpc) is 2.58. The van der Waals surface area contributed by atoms with E-state index in [1.807, 2.05) is 6.92 Å². The Morgan fingerprint density at radius 2 is 2.23 bits per heavy atom. The van der Waals surface area contributed by atoms with Crippen molar-refractivity contribution in [3.8, 4) is 5.82 Å². The van der Waals surface area contributed by atoms with Crippen molar-refractivity contribution >= 4 is 5.82 Å². The second-order valence-corrected chi connectivity index (χ2v) is 2.84. The van der Waals surface area contributed by atoms with Crippen molar-refractivity contribution in [1.29, 1.82) is 0 Å². The monoisotopic (exact) mass is 178 g/mol. The van der Waals surface area contributed by atoms with E-state index in [1.54, 1.807) is 28.7 Å². The zero-order valence-corrected chi connectivity index (χ0v) is 7.47.